The van der Waals surface area contributed by atoms with Gasteiger partial charge in [0.2, 0.25) is 0 Å². The monoisotopic (exact) mass is 402 g/mol. The van der Waals surface area contributed by atoms with Crippen LogP contribution in [-0.4, -0.2) is 15.8 Å². The van der Waals surface area contributed by atoms with Crippen LogP contribution in [0.2, 0.25) is 10.0 Å². The molecule has 3 rings (SSSR count). The van der Waals surface area contributed by atoms with Crippen molar-refractivity contribution in [3.63, 3.8) is 0 Å². The number of alkyl halides is 3. The highest BCUT2D eigenvalue weighted by molar-refractivity contribution is 6.38. The van der Waals surface area contributed by atoms with Crippen molar-refractivity contribution >= 4 is 23.2 Å². The van der Waals surface area contributed by atoms with E-state index in [1.165, 1.54) is 22.9 Å². The lowest BCUT2D eigenvalue weighted by atomic mass is 9.87. The first-order valence-electron chi connectivity index (χ1n) is 8.00. The van der Waals surface area contributed by atoms with Crippen molar-refractivity contribution in [1.29, 1.82) is 5.26 Å². The van der Waals surface area contributed by atoms with Crippen LogP contribution in [0.15, 0.2) is 18.3 Å². The molecule has 1 aliphatic rings. The predicted molar refractivity (Wildman–Crippen MR) is 92.8 cm³/mol. The quantitative estimate of drug-likeness (QED) is 0.740. The third-order valence-corrected chi connectivity index (χ3v) is 5.35. The molecule has 0 fully saturated rings. The molecule has 1 atom stereocenters. The van der Waals surface area contributed by atoms with Crippen molar-refractivity contribution in [3.05, 3.63) is 50.8 Å². The largest absolute Gasteiger partial charge is 0.421 e. The maximum absolute atomic E-state index is 13.4. The Balaban J connectivity index is 2.28. The average molecular weight is 403 g/mol. The number of nitriles is 1. The molecule has 1 N–H and O–H groups in total. The number of aliphatic hydroxyl groups is 1. The second kappa shape index (κ2) is 6.49. The van der Waals surface area contributed by atoms with E-state index in [0.717, 1.165) is 19.8 Å². The van der Waals surface area contributed by atoms with E-state index in [4.69, 9.17) is 28.5 Å². The summed E-state index contributed by atoms with van der Waals surface area (Å²) in [5.41, 5.74) is -1.46. The van der Waals surface area contributed by atoms with Gasteiger partial charge in [-0.25, -0.2) is 0 Å². The minimum atomic E-state index is -4.82. The molecule has 1 aromatic heterocycles. The fraction of sp³-hybridized carbons (Fsp3) is 0.389. The predicted octanol–water partition coefficient (Wildman–Crippen LogP) is 5.30. The molecule has 0 amide bonds. The Labute approximate surface area is 158 Å². The number of nitrogens with zero attached hydrogens (tertiary/aromatic N) is 2. The number of hydrogen-bond acceptors (Lipinski definition) is 2. The summed E-state index contributed by atoms with van der Waals surface area (Å²) >= 11 is 12.5. The lowest BCUT2D eigenvalue weighted by Gasteiger charge is -2.27. The molecule has 0 saturated heterocycles. The number of halogens is 5. The molecule has 3 nitrogen and oxygen atoms in total. The maximum atomic E-state index is 13.4. The fourth-order valence-corrected chi connectivity index (χ4v) is 4.03. The maximum Gasteiger partial charge on any atom is 0.421 e. The molecule has 2 aromatic rings. The van der Waals surface area contributed by atoms with Crippen molar-refractivity contribution in [2.24, 2.45) is 0 Å². The number of benzene rings is 1. The molecule has 1 aromatic carbocycles. The van der Waals surface area contributed by atoms with Gasteiger partial charge in [0.05, 0.1) is 27.4 Å². The fourth-order valence-electron chi connectivity index (χ4n) is 3.36. The lowest BCUT2D eigenvalue weighted by Crippen LogP contribution is -2.39. The van der Waals surface area contributed by atoms with Gasteiger partial charge in [-0.1, -0.05) is 23.2 Å². The summed E-state index contributed by atoms with van der Waals surface area (Å²) < 4.78 is 41.8. The van der Waals surface area contributed by atoms with Gasteiger partial charge >= 0.3 is 6.18 Å². The van der Waals surface area contributed by atoms with Gasteiger partial charge in [0, 0.05) is 17.5 Å². The summed E-state index contributed by atoms with van der Waals surface area (Å²) in [5.74, 6) is 0. The standard InChI is InChI=1S/C18H15Cl2F3N2O/c1-17(26,18(21,22)23)12-9-25(15-5-3-2-4-11(12)15)16-13(19)6-10(8-24)7-14(16)20/h6-7,9,26H,2-5H2,1H3. The molecular formula is C18H15Cl2F3N2O. The van der Waals surface area contributed by atoms with Gasteiger partial charge in [0.15, 0.2) is 5.60 Å². The number of hydrogen-bond donors (Lipinski definition) is 1. The molecule has 26 heavy (non-hydrogen) atoms. The zero-order valence-electron chi connectivity index (χ0n) is 13.8. The Morgan fingerprint density at radius 1 is 1.15 bits per heavy atom. The van der Waals surface area contributed by atoms with E-state index < -0.39 is 11.8 Å². The van der Waals surface area contributed by atoms with E-state index in [-0.39, 0.29) is 21.2 Å². The van der Waals surface area contributed by atoms with Gasteiger partial charge in [0.25, 0.3) is 0 Å². The molecule has 1 aliphatic carbocycles. The third-order valence-electron chi connectivity index (χ3n) is 4.78. The van der Waals surface area contributed by atoms with Crippen molar-refractivity contribution in [3.8, 4) is 11.8 Å². The first-order chi connectivity index (χ1) is 12.1. The summed E-state index contributed by atoms with van der Waals surface area (Å²) in [5, 5.41) is 19.5. The number of rotatable bonds is 2. The molecule has 0 aliphatic heterocycles. The first kappa shape index (κ1) is 19.1. The summed E-state index contributed by atoms with van der Waals surface area (Å²) in [6.45, 7) is 0.754. The van der Waals surface area contributed by atoms with E-state index in [2.05, 4.69) is 0 Å². The van der Waals surface area contributed by atoms with Crippen molar-refractivity contribution < 1.29 is 18.3 Å². The molecule has 1 heterocycles. The first-order valence-corrected chi connectivity index (χ1v) is 8.75. The number of fused-ring (bicyclic) bond motifs is 1. The van der Waals surface area contributed by atoms with Crippen LogP contribution in [0.5, 0.6) is 0 Å². The second-order valence-electron chi connectivity index (χ2n) is 6.52. The highest BCUT2D eigenvalue weighted by atomic mass is 35.5. The van der Waals surface area contributed by atoms with Gasteiger partial charge < -0.3 is 9.67 Å². The van der Waals surface area contributed by atoms with Gasteiger partial charge in [-0.3, -0.25) is 0 Å². The topological polar surface area (TPSA) is 49.0 Å². The van der Waals surface area contributed by atoms with Crippen LogP contribution in [-0.2, 0) is 18.4 Å². The molecule has 0 radical (unpaired) electrons. The van der Waals surface area contributed by atoms with E-state index in [0.29, 0.717) is 29.8 Å². The molecule has 0 bridgehead atoms. The van der Waals surface area contributed by atoms with E-state index >= 15 is 0 Å². The second-order valence-corrected chi connectivity index (χ2v) is 7.33. The summed E-state index contributed by atoms with van der Waals surface area (Å²) in [7, 11) is 0. The normalized spacial score (nSPS) is 16.7. The SMILES string of the molecule is CC(O)(c1cn(-c2c(Cl)cc(C#N)cc2Cl)c2c1CCCC2)C(F)(F)F. The summed E-state index contributed by atoms with van der Waals surface area (Å²) in [6.07, 6.45) is -1.00. The van der Waals surface area contributed by atoms with Gasteiger partial charge in [-0.05, 0) is 50.3 Å². The van der Waals surface area contributed by atoms with E-state index in [1.807, 2.05) is 6.07 Å². The zero-order chi connectivity index (χ0) is 19.3. The molecule has 1 unspecified atom stereocenters. The Bertz CT molecular complexity index is 887. The van der Waals surface area contributed by atoms with E-state index in [1.54, 1.807) is 0 Å². The minimum absolute atomic E-state index is 0.163. The van der Waals surface area contributed by atoms with Crippen molar-refractivity contribution in [2.45, 2.75) is 44.4 Å². The Morgan fingerprint density at radius 3 is 2.27 bits per heavy atom. The summed E-state index contributed by atoms with van der Waals surface area (Å²) in [4.78, 5) is 0. The molecule has 0 spiro atoms. The van der Waals surface area contributed by atoms with Crippen LogP contribution >= 0.6 is 23.2 Å². The van der Waals surface area contributed by atoms with Crippen LogP contribution < -0.4 is 0 Å². The Hall–Kier alpha value is -1.68. The van der Waals surface area contributed by atoms with Crippen molar-refractivity contribution in [2.75, 3.05) is 0 Å². The van der Waals surface area contributed by atoms with Gasteiger partial charge in [-0.15, -0.1) is 0 Å². The van der Waals surface area contributed by atoms with Crippen LogP contribution in [0.25, 0.3) is 5.69 Å². The Morgan fingerprint density at radius 2 is 1.73 bits per heavy atom. The van der Waals surface area contributed by atoms with Gasteiger partial charge in [-0.2, -0.15) is 18.4 Å². The van der Waals surface area contributed by atoms with Crippen LogP contribution in [0.4, 0.5) is 13.2 Å². The third kappa shape index (κ3) is 2.98. The van der Waals surface area contributed by atoms with Gasteiger partial charge in [0.1, 0.15) is 0 Å². The average Bonchev–Trinajstić information content (AvgIpc) is 2.93. The van der Waals surface area contributed by atoms with Crippen LogP contribution in [0.3, 0.4) is 0 Å². The summed E-state index contributed by atoms with van der Waals surface area (Å²) in [6, 6.07) is 4.76. The highest BCUT2D eigenvalue weighted by Gasteiger charge is 2.53. The highest BCUT2D eigenvalue weighted by Crippen LogP contribution is 2.44. The zero-order valence-corrected chi connectivity index (χ0v) is 15.3. The Kier molecular flexibility index (Phi) is 4.76. The van der Waals surface area contributed by atoms with Crippen LogP contribution in [0, 0.1) is 11.3 Å². The molecule has 138 valence electrons. The molecule has 8 heteroatoms. The van der Waals surface area contributed by atoms with Crippen molar-refractivity contribution in [1.82, 2.24) is 4.57 Å². The minimum Gasteiger partial charge on any atom is -0.376 e. The van der Waals surface area contributed by atoms with E-state index in [9.17, 15) is 18.3 Å². The molecular weight excluding hydrogens is 388 g/mol. The van der Waals surface area contributed by atoms with Crippen LogP contribution in [0.1, 0.15) is 42.1 Å². The smallest absolute Gasteiger partial charge is 0.376 e. The lowest BCUT2D eigenvalue weighted by molar-refractivity contribution is -0.259. The molecule has 0 saturated carbocycles. The number of aromatic nitrogens is 1.